The second-order valence-corrected chi connectivity index (χ2v) is 6.69. The zero-order valence-electron chi connectivity index (χ0n) is 14.5. The molecule has 2 amide bonds. The van der Waals surface area contributed by atoms with Gasteiger partial charge in [-0.05, 0) is 42.0 Å². The van der Waals surface area contributed by atoms with E-state index in [4.69, 9.17) is 5.73 Å². The van der Waals surface area contributed by atoms with Crippen molar-refractivity contribution in [2.45, 2.75) is 31.7 Å². The van der Waals surface area contributed by atoms with Gasteiger partial charge in [-0.1, -0.05) is 42.5 Å². The molecule has 0 aromatic heterocycles. The summed E-state index contributed by atoms with van der Waals surface area (Å²) in [5.41, 5.74) is 8.00. The maximum absolute atomic E-state index is 12.5. The first-order chi connectivity index (χ1) is 12.5. The number of ketones is 1. The highest BCUT2D eigenvalue weighted by atomic mass is 16.2. The molecule has 26 heavy (non-hydrogen) atoms. The van der Waals surface area contributed by atoms with Crippen LogP contribution in [0.5, 0.6) is 0 Å². The van der Waals surface area contributed by atoms with Crippen molar-refractivity contribution < 1.29 is 14.4 Å². The molecule has 0 spiro atoms. The van der Waals surface area contributed by atoms with Crippen LogP contribution in [0, 0.1) is 5.92 Å². The van der Waals surface area contributed by atoms with Gasteiger partial charge in [0, 0.05) is 18.4 Å². The molecule has 2 aromatic rings. The molecule has 1 aliphatic carbocycles. The quantitative estimate of drug-likeness (QED) is 0.869. The lowest BCUT2D eigenvalue weighted by atomic mass is 9.82. The second kappa shape index (κ2) is 7.95. The number of carbonyl (C=O) groups excluding carboxylic acids is 3. The Bertz CT molecular complexity index is 800. The zero-order valence-corrected chi connectivity index (χ0v) is 14.5. The SMILES string of the molecule is NC(=O)[C@H](NC(=O)c1ccc(-c2ccccc2)cc1)[C@H]1CCCC(=O)C1. The number of primary amides is 1. The molecule has 1 fully saturated rings. The Hall–Kier alpha value is -2.95. The Labute approximate surface area is 152 Å². The van der Waals surface area contributed by atoms with E-state index in [1.54, 1.807) is 12.1 Å². The van der Waals surface area contributed by atoms with Crippen LogP contribution in [0.2, 0.25) is 0 Å². The summed E-state index contributed by atoms with van der Waals surface area (Å²) < 4.78 is 0. The van der Waals surface area contributed by atoms with Crippen LogP contribution in [0.15, 0.2) is 54.6 Å². The maximum Gasteiger partial charge on any atom is 0.251 e. The largest absolute Gasteiger partial charge is 0.368 e. The molecule has 134 valence electrons. The monoisotopic (exact) mass is 350 g/mol. The van der Waals surface area contributed by atoms with Gasteiger partial charge in [-0.15, -0.1) is 0 Å². The molecule has 1 aliphatic rings. The number of rotatable bonds is 5. The van der Waals surface area contributed by atoms with Crippen molar-refractivity contribution in [1.82, 2.24) is 5.32 Å². The Kier molecular flexibility index (Phi) is 5.46. The summed E-state index contributed by atoms with van der Waals surface area (Å²) in [6, 6.07) is 16.2. The summed E-state index contributed by atoms with van der Waals surface area (Å²) in [7, 11) is 0. The van der Waals surface area contributed by atoms with E-state index in [1.807, 2.05) is 42.5 Å². The van der Waals surface area contributed by atoms with Gasteiger partial charge >= 0.3 is 0 Å². The Morgan fingerprint density at radius 1 is 1.00 bits per heavy atom. The minimum absolute atomic E-state index is 0.119. The summed E-state index contributed by atoms with van der Waals surface area (Å²) in [5.74, 6) is -1.05. The molecule has 0 aliphatic heterocycles. The van der Waals surface area contributed by atoms with Gasteiger partial charge in [0.2, 0.25) is 5.91 Å². The van der Waals surface area contributed by atoms with E-state index in [2.05, 4.69) is 5.32 Å². The van der Waals surface area contributed by atoms with Crippen LogP contribution in [-0.4, -0.2) is 23.6 Å². The fourth-order valence-electron chi connectivity index (χ4n) is 3.43. The molecule has 1 saturated carbocycles. The van der Waals surface area contributed by atoms with Crippen molar-refractivity contribution in [1.29, 1.82) is 0 Å². The number of benzene rings is 2. The summed E-state index contributed by atoms with van der Waals surface area (Å²) in [6.45, 7) is 0. The minimum atomic E-state index is -0.819. The van der Waals surface area contributed by atoms with Crippen LogP contribution in [0.1, 0.15) is 36.0 Å². The Balaban J connectivity index is 1.71. The van der Waals surface area contributed by atoms with Gasteiger partial charge in [0.1, 0.15) is 11.8 Å². The number of hydrogen-bond acceptors (Lipinski definition) is 3. The Morgan fingerprint density at radius 3 is 2.27 bits per heavy atom. The maximum atomic E-state index is 12.5. The predicted molar refractivity (Wildman–Crippen MR) is 99.3 cm³/mol. The Morgan fingerprint density at radius 2 is 1.65 bits per heavy atom. The van der Waals surface area contributed by atoms with E-state index in [-0.39, 0.29) is 17.6 Å². The van der Waals surface area contributed by atoms with Crippen molar-refractivity contribution in [2.75, 3.05) is 0 Å². The number of hydrogen-bond donors (Lipinski definition) is 2. The van der Waals surface area contributed by atoms with Crippen LogP contribution in [-0.2, 0) is 9.59 Å². The molecular weight excluding hydrogens is 328 g/mol. The van der Waals surface area contributed by atoms with Gasteiger partial charge in [0.05, 0.1) is 0 Å². The molecule has 0 bridgehead atoms. The molecule has 5 nitrogen and oxygen atoms in total. The number of amides is 2. The standard InChI is InChI=1S/C21H22N2O3/c22-20(25)19(17-7-4-8-18(24)13-17)23-21(26)16-11-9-15(10-12-16)14-5-2-1-3-6-14/h1-3,5-6,9-12,17,19H,4,7-8,13H2,(H2,22,25)(H,23,26)/t17-,19+/m0/s1. The number of nitrogens with two attached hydrogens (primary N) is 1. The molecule has 0 heterocycles. The minimum Gasteiger partial charge on any atom is -0.368 e. The lowest BCUT2D eigenvalue weighted by Gasteiger charge is -2.28. The molecule has 0 saturated heterocycles. The fourth-order valence-corrected chi connectivity index (χ4v) is 3.43. The number of carbonyl (C=O) groups is 3. The number of Topliss-reactive ketones (excluding diaryl/α,β-unsaturated/α-hetero) is 1. The molecule has 0 unspecified atom stereocenters. The van der Waals surface area contributed by atoms with E-state index < -0.39 is 11.9 Å². The highest BCUT2D eigenvalue weighted by molar-refractivity contribution is 5.98. The van der Waals surface area contributed by atoms with E-state index in [1.165, 1.54) is 0 Å². The highest BCUT2D eigenvalue weighted by Crippen LogP contribution is 2.25. The van der Waals surface area contributed by atoms with Crippen molar-refractivity contribution in [2.24, 2.45) is 11.7 Å². The van der Waals surface area contributed by atoms with Crippen LogP contribution in [0.4, 0.5) is 0 Å². The third kappa shape index (κ3) is 4.17. The smallest absolute Gasteiger partial charge is 0.251 e. The summed E-state index contributed by atoms with van der Waals surface area (Å²) in [5, 5.41) is 2.72. The van der Waals surface area contributed by atoms with Gasteiger partial charge in [-0.3, -0.25) is 14.4 Å². The second-order valence-electron chi connectivity index (χ2n) is 6.69. The molecule has 2 atom stereocenters. The first-order valence-electron chi connectivity index (χ1n) is 8.82. The van der Waals surface area contributed by atoms with E-state index in [0.29, 0.717) is 24.8 Å². The van der Waals surface area contributed by atoms with Crippen LogP contribution in [0.3, 0.4) is 0 Å². The molecule has 2 aromatic carbocycles. The number of nitrogens with one attached hydrogen (secondary N) is 1. The molecule has 3 N–H and O–H groups in total. The summed E-state index contributed by atoms with van der Waals surface area (Å²) in [4.78, 5) is 36.0. The van der Waals surface area contributed by atoms with Gasteiger partial charge < -0.3 is 11.1 Å². The van der Waals surface area contributed by atoms with Gasteiger partial charge in [-0.2, -0.15) is 0 Å². The van der Waals surface area contributed by atoms with E-state index in [0.717, 1.165) is 17.5 Å². The first-order valence-corrected chi connectivity index (χ1v) is 8.82. The van der Waals surface area contributed by atoms with Crippen LogP contribution in [0.25, 0.3) is 11.1 Å². The molecule has 3 rings (SSSR count). The van der Waals surface area contributed by atoms with E-state index >= 15 is 0 Å². The van der Waals surface area contributed by atoms with Crippen LogP contribution >= 0.6 is 0 Å². The van der Waals surface area contributed by atoms with Gasteiger partial charge in [-0.25, -0.2) is 0 Å². The van der Waals surface area contributed by atoms with Crippen molar-refractivity contribution in [3.8, 4) is 11.1 Å². The van der Waals surface area contributed by atoms with Gasteiger partial charge in [0.25, 0.3) is 5.91 Å². The fraction of sp³-hybridized carbons (Fsp3) is 0.286. The molecular formula is C21H22N2O3. The zero-order chi connectivity index (χ0) is 18.5. The van der Waals surface area contributed by atoms with Crippen molar-refractivity contribution >= 4 is 17.6 Å². The predicted octanol–water partition coefficient (Wildman–Crippen LogP) is 2.70. The van der Waals surface area contributed by atoms with Gasteiger partial charge in [0.15, 0.2) is 0 Å². The summed E-state index contributed by atoms with van der Waals surface area (Å²) >= 11 is 0. The third-order valence-electron chi connectivity index (χ3n) is 4.84. The molecule has 5 heteroatoms. The first kappa shape index (κ1) is 17.9. The average Bonchev–Trinajstić information content (AvgIpc) is 2.66. The average molecular weight is 350 g/mol. The molecule has 0 radical (unpaired) electrons. The van der Waals surface area contributed by atoms with Crippen molar-refractivity contribution in [3.63, 3.8) is 0 Å². The van der Waals surface area contributed by atoms with Crippen LogP contribution < -0.4 is 11.1 Å². The lowest BCUT2D eigenvalue weighted by molar-refractivity contribution is -0.124. The lowest BCUT2D eigenvalue weighted by Crippen LogP contribution is -2.50. The topological polar surface area (TPSA) is 89.3 Å². The summed E-state index contributed by atoms with van der Waals surface area (Å²) in [6.07, 6.45) is 2.28. The highest BCUT2D eigenvalue weighted by Gasteiger charge is 2.32. The normalized spacial score (nSPS) is 18.2. The van der Waals surface area contributed by atoms with E-state index in [9.17, 15) is 14.4 Å². The van der Waals surface area contributed by atoms with Crippen molar-refractivity contribution in [3.05, 3.63) is 60.2 Å². The third-order valence-corrected chi connectivity index (χ3v) is 4.84.